The Morgan fingerprint density at radius 2 is 2.09 bits per heavy atom. The first kappa shape index (κ1) is 14.3. The van der Waals surface area contributed by atoms with E-state index in [2.05, 4.69) is 25.5 Å². The van der Waals surface area contributed by atoms with E-state index in [1.165, 1.54) is 11.3 Å². The third-order valence-electron chi connectivity index (χ3n) is 3.05. The Labute approximate surface area is 129 Å². The number of hydrogen-bond donors (Lipinski definition) is 2. The van der Waals surface area contributed by atoms with Crippen molar-refractivity contribution in [2.75, 3.05) is 11.9 Å². The summed E-state index contributed by atoms with van der Waals surface area (Å²) in [5.41, 5.74) is 6.17. The van der Waals surface area contributed by atoms with Crippen LogP contribution in [0, 0.1) is 0 Å². The number of nitrogens with one attached hydrogen (secondary N) is 1. The van der Waals surface area contributed by atoms with Gasteiger partial charge in [-0.05, 0) is 12.1 Å². The Balaban J connectivity index is 1.89. The lowest BCUT2D eigenvalue weighted by Crippen LogP contribution is -2.25. The number of pyridine rings is 1. The van der Waals surface area contributed by atoms with Crippen LogP contribution >= 0.6 is 11.3 Å². The molecule has 0 fully saturated rings. The zero-order valence-corrected chi connectivity index (χ0v) is 12.2. The van der Waals surface area contributed by atoms with E-state index in [0.29, 0.717) is 23.0 Å². The normalized spacial score (nSPS) is 16.6. The summed E-state index contributed by atoms with van der Waals surface area (Å²) in [6.07, 6.45) is 3.81. The van der Waals surface area contributed by atoms with Crippen LogP contribution in [0.25, 0.3) is 10.6 Å². The van der Waals surface area contributed by atoms with Crippen LogP contribution in [0.5, 0.6) is 0 Å². The lowest BCUT2D eigenvalue weighted by Gasteiger charge is -2.05. The molecule has 0 radical (unpaired) electrons. The van der Waals surface area contributed by atoms with Gasteiger partial charge in [0.15, 0.2) is 11.7 Å². The summed E-state index contributed by atoms with van der Waals surface area (Å²) in [5, 5.41) is 11.2. The Hall–Kier alpha value is -2.68. The molecule has 0 aromatic carbocycles. The van der Waals surface area contributed by atoms with Gasteiger partial charge in [-0.25, -0.2) is 4.98 Å². The van der Waals surface area contributed by atoms with Gasteiger partial charge in [0.05, 0.1) is 6.54 Å². The summed E-state index contributed by atoms with van der Waals surface area (Å²) in [6.45, 7) is 0.533. The minimum absolute atomic E-state index is 0.0418. The van der Waals surface area contributed by atoms with Crippen molar-refractivity contribution >= 4 is 28.2 Å². The minimum atomic E-state index is -0.695. The monoisotopic (exact) mass is 316 g/mol. The summed E-state index contributed by atoms with van der Waals surface area (Å²) in [4.78, 5) is 31.8. The van der Waals surface area contributed by atoms with Crippen LogP contribution < -0.4 is 11.1 Å². The molecule has 8 nitrogen and oxygen atoms in total. The van der Waals surface area contributed by atoms with Crippen molar-refractivity contribution in [3.63, 3.8) is 0 Å². The van der Waals surface area contributed by atoms with Crippen LogP contribution in [-0.4, -0.2) is 34.4 Å². The van der Waals surface area contributed by atoms with Crippen molar-refractivity contribution in [1.82, 2.24) is 9.97 Å². The first-order valence-electron chi connectivity index (χ1n) is 6.53. The van der Waals surface area contributed by atoms with Gasteiger partial charge in [-0.3, -0.25) is 14.6 Å². The van der Waals surface area contributed by atoms with Gasteiger partial charge in [0, 0.05) is 24.4 Å². The number of primary amides is 1. The molecule has 0 saturated heterocycles. The number of rotatable bonds is 4. The van der Waals surface area contributed by atoms with E-state index >= 15 is 0 Å². The molecule has 3 N–H and O–H groups in total. The molecule has 3 heterocycles. The lowest BCUT2D eigenvalue weighted by molar-refractivity contribution is -0.117. The predicted octanol–water partition coefficient (Wildman–Crippen LogP) is 1.47. The molecule has 22 heavy (non-hydrogen) atoms. The van der Waals surface area contributed by atoms with E-state index in [-0.39, 0.29) is 11.6 Å². The fraction of sp³-hybridized carbons (Fsp3) is 0.231. The summed E-state index contributed by atoms with van der Waals surface area (Å²) in [5.74, 6) is -1.01. The van der Waals surface area contributed by atoms with E-state index in [1.54, 1.807) is 24.5 Å². The molecule has 0 aliphatic carbocycles. The second-order valence-corrected chi connectivity index (χ2v) is 5.57. The average Bonchev–Trinajstić information content (AvgIpc) is 3.17. The quantitative estimate of drug-likeness (QED) is 0.886. The standard InChI is InChI=1S/C13H12N6O2S/c14-10(20)9-13(18-11(21)8-3-6-16-19-8)22-12(17-9)7-1-4-15-5-2-7/h1-2,4-5,8H,3,6H2,(H2,14,20)(H,18,21). The van der Waals surface area contributed by atoms with E-state index in [9.17, 15) is 9.59 Å². The fourth-order valence-corrected chi connectivity index (χ4v) is 2.94. The highest BCUT2D eigenvalue weighted by Gasteiger charge is 2.25. The van der Waals surface area contributed by atoms with Gasteiger partial charge in [-0.2, -0.15) is 10.2 Å². The Kier molecular flexibility index (Phi) is 3.88. The van der Waals surface area contributed by atoms with Crippen molar-refractivity contribution in [3.05, 3.63) is 30.2 Å². The van der Waals surface area contributed by atoms with Crippen molar-refractivity contribution in [3.8, 4) is 10.6 Å². The molecular weight excluding hydrogens is 304 g/mol. The third kappa shape index (κ3) is 2.84. The van der Waals surface area contributed by atoms with Crippen LogP contribution in [-0.2, 0) is 4.79 Å². The number of carbonyl (C=O) groups excluding carboxylic acids is 2. The first-order valence-corrected chi connectivity index (χ1v) is 7.35. The number of anilines is 1. The number of nitrogens with two attached hydrogens (primary N) is 1. The molecule has 0 bridgehead atoms. The molecule has 112 valence electrons. The van der Waals surface area contributed by atoms with Gasteiger partial charge < -0.3 is 11.1 Å². The topological polar surface area (TPSA) is 123 Å². The van der Waals surface area contributed by atoms with Crippen molar-refractivity contribution in [1.29, 1.82) is 0 Å². The Bertz CT molecular complexity index is 742. The van der Waals surface area contributed by atoms with Gasteiger partial charge in [0.25, 0.3) is 11.8 Å². The second kappa shape index (κ2) is 5.98. The lowest BCUT2D eigenvalue weighted by atomic mass is 10.2. The van der Waals surface area contributed by atoms with Crippen LogP contribution in [0.4, 0.5) is 5.00 Å². The molecule has 0 saturated carbocycles. The average molecular weight is 316 g/mol. The zero-order valence-electron chi connectivity index (χ0n) is 11.4. The van der Waals surface area contributed by atoms with Crippen molar-refractivity contribution < 1.29 is 9.59 Å². The molecule has 2 amide bonds. The van der Waals surface area contributed by atoms with E-state index in [1.807, 2.05) is 0 Å². The van der Waals surface area contributed by atoms with Crippen LogP contribution in [0.3, 0.4) is 0 Å². The zero-order chi connectivity index (χ0) is 15.5. The van der Waals surface area contributed by atoms with E-state index in [4.69, 9.17) is 5.73 Å². The maximum atomic E-state index is 12.1. The number of nitrogens with zero attached hydrogens (tertiary/aromatic N) is 4. The molecule has 1 aliphatic heterocycles. The summed E-state index contributed by atoms with van der Waals surface area (Å²) < 4.78 is 0. The molecule has 3 rings (SSSR count). The summed E-state index contributed by atoms with van der Waals surface area (Å²) >= 11 is 1.18. The molecule has 1 unspecified atom stereocenters. The van der Waals surface area contributed by atoms with Gasteiger partial charge in [0.2, 0.25) is 0 Å². The summed E-state index contributed by atoms with van der Waals surface area (Å²) in [6, 6.07) is 3.01. The Morgan fingerprint density at radius 3 is 2.73 bits per heavy atom. The molecule has 1 atom stereocenters. The fourth-order valence-electron chi connectivity index (χ4n) is 1.96. The largest absolute Gasteiger partial charge is 0.364 e. The minimum Gasteiger partial charge on any atom is -0.364 e. The number of hydrogen-bond acceptors (Lipinski definition) is 7. The van der Waals surface area contributed by atoms with E-state index < -0.39 is 11.9 Å². The number of thiazole rings is 1. The maximum absolute atomic E-state index is 12.1. The maximum Gasteiger partial charge on any atom is 0.270 e. The Morgan fingerprint density at radius 1 is 1.32 bits per heavy atom. The molecular formula is C13H12N6O2S. The molecule has 9 heteroatoms. The predicted molar refractivity (Wildman–Crippen MR) is 80.6 cm³/mol. The SMILES string of the molecule is NC(=O)c1nc(-c2ccncc2)sc1NC(=O)C1CCN=N1. The number of azo groups is 1. The highest BCUT2D eigenvalue weighted by Crippen LogP contribution is 2.32. The van der Waals surface area contributed by atoms with Crippen molar-refractivity contribution in [2.24, 2.45) is 16.0 Å². The van der Waals surface area contributed by atoms with Gasteiger partial charge in [-0.1, -0.05) is 11.3 Å². The van der Waals surface area contributed by atoms with Crippen LogP contribution in [0.15, 0.2) is 34.8 Å². The smallest absolute Gasteiger partial charge is 0.270 e. The van der Waals surface area contributed by atoms with E-state index in [0.717, 1.165) is 5.56 Å². The highest BCUT2D eigenvalue weighted by atomic mass is 32.1. The van der Waals surface area contributed by atoms with Gasteiger partial charge in [-0.15, -0.1) is 0 Å². The molecule has 2 aromatic heterocycles. The highest BCUT2D eigenvalue weighted by molar-refractivity contribution is 7.19. The molecule has 0 spiro atoms. The van der Waals surface area contributed by atoms with Gasteiger partial charge >= 0.3 is 0 Å². The van der Waals surface area contributed by atoms with Crippen LogP contribution in [0.1, 0.15) is 16.9 Å². The number of carbonyl (C=O) groups is 2. The third-order valence-corrected chi connectivity index (χ3v) is 4.07. The molecule has 2 aromatic rings. The molecule has 1 aliphatic rings. The number of amides is 2. The second-order valence-electron chi connectivity index (χ2n) is 4.57. The first-order chi connectivity index (χ1) is 10.6. The number of aromatic nitrogens is 2. The van der Waals surface area contributed by atoms with Crippen LogP contribution in [0.2, 0.25) is 0 Å². The summed E-state index contributed by atoms with van der Waals surface area (Å²) in [7, 11) is 0. The van der Waals surface area contributed by atoms with Crippen molar-refractivity contribution in [2.45, 2.75) is 12.5 Å². The van der Waals surface area contributed by atoms with Gasteiger partial charge in [0.1, 0.15) is 10.0 Å².